The Bertz CT molecular complexity index is 690. The van der Waals surface area contributed by atoms with E-state index in [1.807, 2.05) is 30.2 Å². The van der Waals surface area contributed by atoms with Gasteiger partial charge in [0.2, 0.25) is 5.91 Å². The van der Waals surface area contributed by atoms with E-state index in [1.54, 1.807) is 18.2 Å². The second-order valence-corrected chi connectivity index (χ2v) is 5.19. The third kappa shape index (κ3) is 2.61. The Morgan fingerprint density at radius 3 is 2.86 bits per heavy atom. The van der Waals surface area contributed by atoms with Gasteiger partial charge in [0.05, 0.1) is 6.04 Å². The maximum Gasteiger partial charge on any atom is 0.247 e. The molecule has 1 amide bonds. The van der Waals surface area contributed by atoms with E-state index in [2.05, 4.69) is 4.57 Å². The van der Waals surface area contributed by atoms with E-state index < -0.39 is 0 Å². The van der Waals surface area contributed by atoms with Gasteiger partial charge in [-0.25, -0.2) is 4.39 Å². The molecule has 0 unspecified atom stereocenters. The summed E-state index contributed by atoms with van der Waals surface area (Å²) in [7, 11) is 0. The molecule has 1 aliphatic rings. The third-order valence-electron chi connectivity index (χ3n) is 3.94. The van der Waals surface area contributed by atoms with E-state index in [4.69, 9.17) is 0 Å². The van der Waals surface area contributed by atoms with Crippen LogP contribution < -0.4 is 0 Å². The lowest BCUT2D eigenvalue weighted by Gasteiger charge is -2.34. The van der Waals surface area contributed by atoms with Crippen molar-refractivity contribution in [3.63, 3.8) is 0 Å². The number of halogens is 1. The van der Waals surface area contributed by atoms with Crippen LogP contribution >= 0.6 is 0 Å². The van der Waals surface area contributed by atoms with Gasteiger partial charge in [0.25, 0.3) is 0 Å². The van der Waals surface area contributed by atoms with Crippen LogP contribution in [0.4, 0.5) is 4.39 Å². The highest BCUT2D eigenvalue weighted by Crippen LogP contribution is 2.25. The first-order valence-electron chi connectivity index (χ1n) is 7.05. The van der Waals surface area contributed by atoms with E-state index in [1.165, 1.54) is 18.2 Å². The summed E-state index contributed by atoms with van der Waals surface area (Å²) in [5.41, 5.74) is 1.56. The molecule has 21 heavy (non-hydrogen) atoms. The Morgan fingerprint density at radius 1 is 1.24 bits per heavy atom. The van der Waals surface area contributed by atoms with E-state index in [0.29, 0.717) is 12.1 Å². The first kappa shape index (κ1) is 13.6. The summed E-state index contributed by atoms with van der Waals surface area (Å²) in [6.07, 6.45) is 5.02. The number of hydrogen-bond acceptors (Lipinski definition) is 1. The minimum atomic E-state index is -0.317. The average molecular weight is 284 g/mol. The van der Waals surface area contributed by atoms with Crippen LogP contribution in [0.2, 0.25) is 0 Å². The Morgan fingerprint density at radius 2 is 2.05 bits per heavy atom. The zero-order valence-electron chi connectivity index (χ0n) is 11.9. The maximum absolute atomic E-state index is 13.5. The molecule has 0 fully saturated rings. The van der Waals surface area contributed by atoms with Crippen molar-refractivity contribution >= 4 is 12.0 Å². The summed E-state index contributed by atoms with van der Waals surface area (Å²) in [5, 5.41) is 0. The number of nitrogens with zero attached hydrogens (tertiary/aromatic N) is 2. The molecule has 0 radical (unpaired) electrons. The van der Waals surface area contributed by atoms with Crippen LogP contribution in [0.1, 0.15) is 24.2 Å². The standard InChI is InChI=1S/C17H17FN2O/c1-13-16-7-4-10-19(16)11-12-20(13)17(21)9-8-14-5-2-3-6-15(14)18/h2-10,13H,11-12H2,1H3/b9-8+/t13-/m1/s1. The van der Waals surface area contributed by atoms with Gasteiger partial charge in [-0.05, 0) is 31.2 Å². The van der Waals surface area contributed by atoms with Gasteiger partial charge in [0, 0.05) is 36.6 Å². The van der Waals surface area contributed by atoms with Gasteiger partial charge in [-0.3, -0.25) is 4.79 Å². The van der Waals surface area contributed by atoms with Gasteiger partial charge in [-0.15, -0.1) is 0 Å². The minimum absolute atomic E-state index is 0.0338. The average Bonchev–Trinajstić information content (AvgIpc) is 2.96. The van der Waals surface area contributed by atoms with Crippen molar-refractivity contribution < 1.29 is 9.18 Å². The summed E-state index contributed by atoms with van der Waals surface area (Å²) in [4.78, 5) is 14.1. The lowest BCUT2D eigenvalue weighted by Crippen LogP contribution is -2.39. The fraction of sp³-hybridized carbons (Fsp3) is 0.235. The number of benzene rings is 1. The third-order valence-corrected chi connectivity index (χ3v) is 3.94. The van der Waals surface area contributed by atoms with Gasteiger partial charge in [-0.2, -0.15) is 0 Å². The second-order valence-electron chi connectivity index (χ2n) is 5.19. The molecule has 2 aromatic rings. The molecule has 4 heteroatoms. The molecule has 2 heterocycles. The molecular formula is C17H17FN2O. The summed E-state index contributed by atoms with van der Waals surface area (Å²) in [6.45, 7) is 3.48. The summed E-state index contributed by atoms with van der Waals surface area (Å²) >= 11 is 0. The monoisotopic (exact) mass is 284 g/mol. The Hall–Kier alpha value is -2.36. The van der Waals surface area contributed by atoms with Crippen LogP contribution in [0.5, 0.6) is 0 Å². The van der Waals surface area contributed by atoms with E-state index >= 15 is 0 Å². The first-order valence-corrected chi connectivity index (χ1v) is 7.05. The number of carbonyl (C=O) groups excluding carboxylic acids is 1. The van der Waals surface area contributed by atoms with Crippen LogP contribution in [-0.2, 0) is 11.3 Å². The Balaban J connectivity index is 1.76. The largest absolute Gasteiger partial charge is 0.348 e. The first-order chi connectivity index (χ1) is 10.2. The number of aromatic nitrogens is 1. The highest BCUT2D eigenvalue weighted by molar-refractivity contribution is 5.92. The summed E-state index contributed by atoms with van der Waals surface area (Å²) < 4.78 is 15.7. The van der Waals surface area contributed by atoms with Crippen molar-refractivity contribution in [3.8, 4) is 0 Å². The zero-order valence-corrected chi connectivity index (χ0v) is 11.9. The molecule has 3 nitrogen and oxygen atoms in total. The SMILES string of the molecule is C[C@@H]1c2cccn2CCN1C(=O)/C=C/c1ccccc1F. The van der Waals surface area contributed by atoms with Crippen LogP contribution in [0.3, 0.4) is 0 Å². The van der Waals surface area contributed by atoms with Crippen LogP contribution in [0.25, 0.3) is 6.08 Å². The fourth-order valence-electron chi connectivity index (χ4n) is 2.75. The van der Waals surface area contributed by atoms with Crippen molar-refractivity contribution in [2.75, 3.05) is 6.54 Å². The molecular weight excluding hydrogens is 267 g/mol. The molecule has 0 aliphatic carbocycles. The molecule has 1 aromatic carbocycles. The molecule has 3 rings (SSSR count). The highest BCUT2D eigenvalue weighted by atomic mass is 19.1. The Labute approximate surface area is 123 Å². The van der Waals surface area contributed by atoms with Gasteiger partial charge in [-0.1, -0.05) is 18.2 Å². The van der Waals surface area contributed by atoms with Crippen molar-refractivity contribution in [1.82, 2.24) is 9.47 Å². The molecule has 0 N–H and O–H groups in total. The Kier molecular flexibility index (Phi) is 3.60. The lowest BCUT2D eigenvalue weighted by atomic mass is 10.1. The topological polar surface area (TPSA) is 25.2 Å². The van der Waals surface area contributed by atoms with Crippen molar-refractivity contribution in [2.45, 2.75) is 19.5 Å². The van der Waals surface area contributed by atoms with E-state index in [-0.39, 0.29) is 17.8 Å². The van der Waals surface area contributed by atoms with Crippen LogP contribution in [0, 0.1) is 5.82 Å². The van der Waals surface area contributed by atoms with Crippen molar-refractivity contribution in [3.05, 3.63) is 65.7 Å². The normalized spacial score (nSPS) is 18.0. The number of hydrogen-bond donors (Lipinski definition) is 0. The van der Waals surface area contributed by atoms with Gasteiger partial charge < -0.3 is 9.47 Å². The zero-order chi connectivity index (χ0) is 14.8. The van der Waals surface area contributed by atoms with Gasteiger partial charge in [0.15, 0.2) is 0 Å². The van der Waals surface area contributed by atoms with Crippen LogP contribution in [0.15, 0.2) is 48.7 Å². The minimum Gasteiger partial charge on any atom is -0.348 e. The second kappa shape index (κ2) is 5.56. The molecule has 0 bridgehead atoms. The number of amides is 1. The molecule has 1 aliphatic heterocycles. The summed E-state index contributed by atoms with van der Waals surface area (Å²) in [5.74, 6) is -0.402. The summed E-state index contributed by atoms with van der Waals surface area (Å²) in [6, 6.07) is 10.5. The van der Waals surface area contributed by atoms with Crippen molar-refractivity contribution in [2.24, 2.45) is 0 Å². The fourth-order valence-corrected chi connectivity index (χ4v) is 2.75. The van der Waals surface area contributed by atoms with Crippen molar-refractivity contribution in [1.29, 1.82) is 0 Å². The number of fused-ring (bicyclic) bond motifs is 1. The van der Waals surface area contributed by atoms with Gasteiger partial charge >= 0.3 is 0 Å². The number of rotatable bonds is 2. The maximum atomic E-state index is 13.5. The van der Waals surface area contributed by atoms with E-state index in [9.17, 15) is 9.18 Å². The molecule has 1 aromatic heterocycles. The molecule has 0 saturated carbocycles. The van der Waals surface area contributed by atoms with Gasteiger partial charge in [0.1, 0.15) is 5.82 Å². The lowest BCUT2D eigenvalue weighted by molar-refractivity contribution is -0.129. The predicted molar refractivity (Wildman–Crippen MR) is 80.0 cm³/mol. The number of carbonyl (C=O) groups is 1. The quantitative estimate of drug-likeness (QED) is 0.777. The van der Waals surface area contributed by atoms with Crippen LogP contribution in [-0.4, -0.2) is 21.9 Å². The highest BCUT2D eigenvalue weighted by Gasteiger charge is 2.25. The predicted octanol–water partition coefficient (Wildman–Crippen LogP) is 3.24. The smallest absolute Gasteiger partial charge is 0.247 e. The molecule has 0 saturated heterocycles. The molecule has 0 spiro atoms. The van der Waals surface area contributed by atoms with E-state index in [0.717, 1.165) is 12.2 Å². The molecule has 1 atom stereocenters. The molecule has 108 valence electrons.